The Bertz CT molecular complexity index is 335. The van der Waals surface area contributed by atoms with Crippen LogP contribution in [0.15, 0.2) is 24.3 Å². The molecule has 0 saturated heterocycles. The number of benzene rings is 1. The van der Waals surface area contributed by atoms with Gasteiger partial charge in [-0.2, -0.15) is 0 Å². The third-order valence-corrected chi connectivity index (χ3v) is 2.99. The third kappa shape index (κ3) is 6.08. The Hall–Kier alpha value is -1.06. The molecular weight excluding hydrogens is 238 g/mol. The van der Waals surface area contributed by atoms with Crippen LogP contribution in [0, 0.1) is 0 Å². The Balaban J connectivity index is 2.51. The number of hydrogen-bond donors (Lipinski definition) is 1. The normalized spacial score (nSPS) is 12.7. The lowest BCUT2D eigenvalue weighted by molar-refractivity contribution is 0.141. The Morgan fingerprint density at radius 2 is 1.84 bits per heavy atom. The molecule has 0 saturated carbocycles. The largest absolute Gasteiger partial charge is 0.491 e. The van der Waals surface area contributed by atoms with Crippen molar-refractivity contribution in [1.82, 2.24) is 5.32 Å². The van der Waals surface area contributed by atoms with Crippen molar-refractivity contribution in [3.05, 3.63) is 29.8 Å². The molecule has 0 bridgehead atoms. The van der Waals surface area contributed by atoms with Crippen molar-refractivity contribution in [2.75, 3.05) is 20.3 Å². The van der Waals surface area contributed by atoms with Crippen LogP contribution in [0.25, 0.3) is 0 Å². The van der Waals surface area contributed by atoms with Crippen LogP contribution >= 0.6 is 0 Å². The maximum atomic E-state index is 5.66. The minimum Gasteiger partial charge on any atom is -0.491 e. The maximum absolute atomic E-state index is 5.66. The van der Waals surface area contributed by atoms with Crippen molar-refractivity contribution in [2.45, 2.75) is 45.8 Å². The Morgan fingerprint density at radius 1 is 1.16 bits per heavy atom. The van der Waals surface area contributed by atoms with E-state index in [4.69, 9.17) is 9.47 Å². The van der Waals surface area contributed by atoms with Crippen molar-refractivity contribution in [1.29, 1.82) is 0 Å². The number of ether oxygens (including phenoxy) is 2. The standard InChI is InChI=1S/C16H27NO2/c1-5-18-12-6-7-16(17-4)14-8-10-15(11-9-14)19-13(2)3/h8-11,13,16-17H,5-7,12H2,1-4H3. The van der Waals surface area contributed by atoms with E-state index in [2.05, 4.69) is 17.4 Å². The van der Waals surface area contributed by atoms with E-state index in [0.717, 1.165) is 31.8 Å². The van der Waals surface area contributed by atoms with E-state index < -0.39 is 0 Å². The molecule has 0 amide bonds. The first-order valence-electron chi connectivity index (χ1n) is 7.19. The molecule has 1 unspecified atom stereocenters. The molecule has 0 aliphatic rings. The van der Waals surface area contributed by atoms with Gasteiger partial charge in [0, 0.05) is 19.3 Å². The molecule has 0 radical (unpaired) electrons. The van der Waals surface area contributed by atoms with Crippen molar-refractivity contribution in [2.24, 2.45) is 0 Å². The number of hydrogen-bond acceptors (Lipinski definition) is 3. The molecule has 3 nitrogen and oxygen atoms in total. The van der Waals surface area contributed by atoms with E-state index in [-0.39, 0.29) is 6.10 Å². The molecule has 19 heavy (non-hydrogen) atoms. The van der Waals surface area contributed by atoms with Crippen LogP contribution in [0.3, 0.4) is 0 Å². The molecule has 0 heterocycles. The lowest BCUT2D eigenvalue weighted by Crippen LogP contribution is -2.17. The highest BCUT2D eigenvalue weighted by Crippen LogP contribution is 2.21. The highest BCUT2D eigenvalue weighted by molar-refractivity contribution is 5.29. The molecule has 0 spiro atoms. The molecule has 0 fully saturated rings. The predicted molar refractivity (Wildman–Crippen MR) is 79.7 cm³/mol. The highest BCUT2D eigenvalue weighted by atomic mass is 16.5. The minimum absolute atomic E-state index is 0.220. The van der Waals surface area contributed by atoms with Crippen LogP contribution in [0.5, 0.6) is 5.75 Å². The SMILES string of the molecule is CCOCCCC(NC)c1ccc(OC(C)C)cc1. The minimum atomic E-state index is 0.220. The van der Waals surface area contributed by atoms with Gasteiger partial charge in [0.15, 0.2) is 0 Å². The van der Waals surface area contributed by atoms with Crippen LogP contribution in [0.4, 0.5) is 0 Å². The third-order valence-electron chi connectivity index (χ3n) is 2.99. The van der Waals surface area contributed by atoms with E-state index in [0.29, 0.717) is 6.04 Å². The summed E-state index contributed by atoms with van der Waals surface area (Å²) in [5.41, 5.74) is 1.30. The summed E-state index contributed by atoms with van der Waals surface area (Å²) >= 11 is 0. The molecule has 1 rings (SSSR count). The average Bonchev–Trinajstić information content (AvgIpc) is 2.40. The molecule has 108 valence electrons. The second-order valence-electron chi connectivity index (χ2n) is 4.92. The quantitative estimate of drug-likeness (QED) is 0.693. The van der Waals surface area contributed by atoms with Crippen LogP contribution in [-0.4, -0.2) is 26.4 Å². The zero-order valence-electron chi connectivity index (χ0n) is 12.6. The van der Waals surface area contributed by atoms with E-state index in [1.54, 1.807) is 0 Å². The predicted octanol–water partition coefficient (Wildman–Crippen LogP) is 3.55. The van der Waals surface area contributed by atoms with Crippen LogP contribution < -0.4 is 10.1 Å². The molecule has 1 atom stereocenters. The van der Waals surface area contributed by atoms with Gasteiger partial charge in [-0.25, -0.2) is 0 Å². The summed E-state index contributed by atoms with van der Waals surface area (Å²) in [6.07, 6.45) is 2.38. The summed E-state index contributed by atoms with van der Waals surface area (Å²) in [6.45, 7) is 7.74. The number of rotatable bonds is 9. The first-order chi connectivity index (χ1) is 9.17. The average molecular weight is 265 g/mol. The molecule has 1 aromatic carbocycles. The summed E-state index contributed by atoms with van der Waals surface area (Å²) in [4.78, 5) is 0. The summed E-state index contributed by atoms with van der Waals surface area (Å²) in [5, 5.41) is 3.36. The molecule has 3 heteroatoms. The van der Waals surface area contributed by atoms with Crippen molar-refractivity contribution in [3.63, 3.8) is 0 Å². The molecule has 0 aromatic heterocycles. The summed E-state index contributed by atoms with van der Waals surface area (Å²) in [6, 6.07) is 8.75. The Morgan fingerprint density at radius 3 is 2.37 bits per heavy atom. The molecule has 1 N–H and O–H groups in total. The van der Waals surface area contributed by atoms with E-state index in [1.807, 2.05) is 40.0 Å². The van der Waals surface area contributed by atoms with Gasteiger partial charge in [0.2, 0.25) is 0 Å². The molecular formula is C16H27NO2. The lowest BCUT2D eigenvalue weighted by atomic mass is 10.0. The highest BCUT2D eigenvalue weighted by Gasteiger charge is 2.09. The summed E-state index contributed by atoms with van der Waals surface area (Å²) in [5.74, 6) is 0.933. The fraction of sp³-hybridized carbons (Fsp3) is 0.625. The van der Waals surface area contributed by atoms with Crippen LogP contribution in [0.1, 0.15) is 45.2 Å². The zero-order chi connectivity index (χ0) is 14.1. The zero-order valence-corrected chi connectivity index (χ0v) is 12.6. The van der Waals surface area contributed by atoms with Gasteiger partial charge >= 0.3 is 0 Å². The van der Waals surface area contributed by atoms with E-state index in [1.165, 1.54) is 5.56 Å². The fourth-order valence-corrected chi connectivity index (χ4v) is 2.06. The van der Waals surface area contributed by atoms with Crippen LogP contribution in [0.2, 0.25) is 0 Å². The van der Waals surface area contributed by atoms with Crippen molar-refractivity contribution < 1.29 is 9.47 Å². The van der Waals surface area contributed by atoms with E-state index >= 15 is 0 Å². The summed E-state index contributed by atoms with van der Waals surface area (Å²) in [7, 11) is 2.00. The summed E-state index contributed by atoms with van der Waals surface area (Å²) < 4.78 is 11.0. The monoisotopic (exact) mass is 265 g/mol. The first kappa shape index (κ1) is 16.0. The fourth-order valence-electron chi connectivity index (χ4n) is 2.06. The van der Waals surface area contributed by atoms with Gasteiger partial charge in [-0.05, 0) is 58.4 Å². The topological polar surface area (TPSA) is 30.5 Å². The van der Waals surface area contributed by atoms with Gasteiger partial charge in [0.25, 0.3) is 0 Å². The molecule has 0 aliphatic heterocycles. The Kier molecular flexibility index (Phi) is 7.53. The van der Waals surface area contributed by atoms with Gasteiger partial charge < -0.3 is 14.8 Å². The van der Waals surface area contributed by atoms with E-state index in [9.17, 15) is 0 Å². The second kappa shape index (κ2) is 8.94. The Labute approximate surface area is 117 Å². The smallest absolute Gasteiger partial charge is 0.119 e. The van der Waals surface area contributed by atoms with Gasteiger partial charge in [-0.1, -0.05) is 12.1 Å². The molecule has 1 aromatic rings. The maximum Gasteiger partial charge on any atom is 0.119 e. The first-order valence-corrected chi connectivity index (χ1v) is 7.19. The van der Waals surface area contributed by atoms with Gasteiger partial charge in [-0.15, -0.1) is 0 Å². The van der Waals surface area contributed by atoms with Crippen LogP contribution in [-0.2, 0) is 4.74 Å². The lowest BCUT2D eigenvalue weighted by Gasteiger charge is -2.17. The van der Waals surface area contributed by atoms with Gasteiger partial charge in [0.1, 0.15) is 5.75 Å². The number of nitrogens with one attached hydrogen (secondary N) is 1. The van der Waals surface area contributed by atoms with Crippen molar-refractivity contribution in [3.8, 4) is 5.75 Å². The second-order valence-corrected chi connectivity index (χ2v) is 4.92. The molecule has 0 aliphatic carbocycles. The van der Waals surface area contributed by atoms with Gasteiger partial charge in [-0.3, -0.25) is 0 Å². The van der Waals surface area contributed by atoms with Crippen molar-refractivity contribution >= 4 is 0 Å². The van der Waals surface area contributed by atoms with Gasteiger partial charge in [0.05, 0.1) is 6.10 Å².